The van der Waals surface area contributed by atoms with Gasteiger partial charge in [-0.1, -0.05) is 4.85 Å². The van der Waals surface area contributed by atoms with E-state index < -0.39 is 0 Å². The Hall–Kier alpha value is -1.19. The third kappa shape index (κ3) is 0.948. The molecule has 0 saturated carbocycles. The van der Waals surface area contributed by atoms with Gasteiger partial charge in [-0.3, -0.25) is 0 Å². The van der Waals surface area contributed by atoms with Crippen LogP contribution in [0.15, 0.2) is 0 Å². The molecule has 66 valence electrons. The van der Waals surface area contributed by atoms with E-state index in [0.29, 0.717) is 5.82 Å². The van der Waals surface area contributed by atoms with Crippen molar-refractivity contribution in [2.75, 3.05) is 12.8 Å². The van der Waals surface area contributed by atoms with Crippen molar-refractivity contribution in [1.82, 2.24) is 9.94 Å². The molecule has 0 amide bonds. The maximum atomic E-state index is 5.81. The highest BCUT2D eigenvalue weighted by Gasteiger charge is 2.18. The monoisotopic (exact) mass is 167 g/mol. The molecule has 1 aliphatic carbocycles. The molecule has 0 bridgehead atoms. The van der Waals surface area contributed by atoms with Crippen LogP contribution in [-0.2, 0) is 12.8 Å². The normalized spacial score (nSPS) is 15.8. The van der Waals surface area contributed by atoms with Gasteiger partial charge in [-0.2, -0.15) is 0 Å². The van der Waals surface area contributed by atoms with E-state index in [1.165, 1.54) is 23.3 Å². The van der Waals surface area contributed by atoms with E-state index in [2.05, 4.69) is 5.10 Å². The van der Waals surface area contributed by atoms with Crippen molar-refractivity contribution < 1.29 is 4.84 Å². The highest BCUT2D eigenvalue weighted by molar-refractivity contribution is 5.44. The Labute approximate surface area is 71.3 Å². The van der Waals surface area contributed by atoms with Gasteiger partial charge in [0.1, 0.15) is 7.11 Å². The number of aryl methyl sites for hydroxylation is 1. The Bertz CT molecular complexity index is 293. The van der Waals surface area contributed by atoms with Crippen LogP contribution in [0.1, 0.15) is 24.1 Å². The summed E-state index contributed by atoms with van der Waals surface area (Å²) >= 11 is 0. The van der Waals surface area contributed by atoms with Crippen molar-refractivity contribution in [2.24, 2.45) is 0 Å². The SMILES string of the molecule is COn1nc2c(c1N)CCCC2. The minimum absolute atomic E-state index is 0.673. The van der Waals surface area contributed by atoms with Crippen molar-refractivity contribution in [3.63, 3.8) is 0 Å². The molecule has 0 aliphatic heterocycles. The van der Waals surface area contributed by atoms with E-state index in [9.17, 15) is 0 Å². The number of aromatic nitrogens is 2. The van der Waals surface area contributed by atoms with E-state index in [1.54, 1.807) is 7.11 Å². The van der Waals surface area contributed by atoms with E-state index in [1.807, 2.05) is 0 Å². The van der Waals surface area contributed by atoms with Gasteiger partial charge in [0.05, 0.1) is 5.69 Å². The average Bonchev–Trinajstić information content (AvgIpc) is 2.44. The highest BCUT2D eigenvalue weighted by Crippen LogP contribution is 2.24. The van der Waals surface area contributed by atoms with Crippen LogP contribution < -0.4 is 10.6 Å². The Morgan fingerprint density at radius 2 is 2.17 bits per heavy atom. The summed E-state index contributed by atoms with van der Waals surface area (Å²) in [6.07, 6.45) is 4.51. The summed E-state index contributed by atoms with van der Waals surface area (Å²) < 4.78 is 0. The minimum atomic E-state index is 0.673. The lowest BCUT2D eigenvalue weighted by Crippen LogP contribution is -2.11. The van der Waals surface area contributed by atoms with Crippen LogP contribution in [0.25, 0.3) is 0 Å². The molecule has 0 radical (unpaired) electrons. The van der Waals surface area contributed by atoms with Gasteiger partial charge in [0.2, 0.25) is 0 Å². The largest absolute Gasteiger partial charge is 0.398 e. The number of hydrogen-bond donors (Lipinski definition) is 1. The molecule has 2 N–H and O–H groups in total. The fraction of sp³-hybridized carbons (Fsp3) is 0.625. The summed E-state index contributed by atoms with van der Waals surface area (Å²) in [5.41, 5.74) is 8.11. The van der Waals surface area contributed by atoms with E-state index in [4.69, 9.17) is 10.6 Å². The maximum Gasteiger partial charge on any atom is 0.166 e. The summed E-state index contributed by atoms with van der Waals surface area (Å²) in [6, 6.07) is 0. The van der Waals surface area contributed by atoms with Gasteiger partial charge in [-0.05, 0) is 25.7 Å². The molecule has 0 spiro atoms. The lowest BCUT2D eigenvalue weighted by atomic mass is 9.98. The van der Waals surface area contributed by atoms with Gasteiger partial charge in [-0.25, -0.2) is 0 Å². The van der Waals surface area contributed by atoms with Crippen molar-refractivity contribution in [3.05, 3.63) is 11.3 Å². The second-order valence-corrected chi connectivity index (χ2v) is 3.07. The number of nitrogen functional groups attached to an aromatic ring is 1. The van der Waals surface area contributed by atoms with Gasteiger partial charge in [0.15, 0.2) is 5.82 Å². The lowest BCUT2D eigenvalue weighted by molar-refractivity contribution is 0.138. The molecule has 4 heteroatoms. The van der Waals surface area contributed by atoms with Crippen molar-refractivity contribution in [1.29, 1.82) is 0 Å². The molecule has 4 nitrogen and oxygen atoms in total. The second-order valence-electron chi connectivity index (χ2n) is 3.07. The first-order valence-electron chi connectivity index (χ1n) is 4.23. The quantitative estimate of drug-likeness (QED) is 0.658. The summed E-state index contributed by atoms with van der Waals surface area (Å²) in [5.74, 6) is 0.673. The fourth-order valence-corrected chi connectivity index (χ4v) is 1.69. The first-order chi connectivity index (χ1) is 5.83. The Morgan fingerprint density at radius 3 is 2.83 bits per heavy atom. The van der Waals surface area contributed by atoms with Gasteiger partial charge in [0, 0.05) is 5.56 Å². The fourth-order valence-electron chi connectivity index (χ4n) is 1.69. The summed E-state index contributed by atoms with van der Waals surface area (Å²) in [5, 5.41) is 4.24. The number of rotatable bonds is 1. The second kappa shape index (κ2) is 2.69. The van der Waals surface area contributed by atoms with Crippen LogP contribution in [0.2, 0.25) is 0 Å². The molecule has 0 atom stereocenters. The molecule has 0 fully saturated rings. The predicted molar refractivity (Wildman–Crippen MR) is 45.8 cm³/mol. The zero-order valence-corrected chi connectivity index (χ0v) is 7.21. The average molecular weight is 167 g/mol. The van der Waals surface area contributed by atoms with E-state index in [0.717, 1.165) is 18.5 Å². The van der Waals surface area contributed by atoms with Crippen molar-refractivity contribution in [2.45, 2.75) is 25.7 Å². The van der Waals surface area contributed by atoms with Crippen LogP contribution in [0.3, 0.4) is 0 Å². The molecular weight excluding hydrogens is 154 g/mol. The van der Waals surface area contributed by atoms with Crippen LogP contribution in [0.5, 0.6) is 0 Å². The number of anilines is 1. The van der Waals surface area contributed by atoms with Crippen LogP contribution >= 0.6 is 0 Å². The highest BCUT2D eigenvalue weighted by atomic mass is 16.7. The van der Waals surface area contributed by atoms with Gasteiger partial charge in [0.25, 0.3) is 0 Å². The molecule has 12 heavy (non-hydrogen) atoms. The Kier molecular flexibility index (Phi) is 1.67. The molecule has 2 rings (SSSR count). The van der Waals surface area contributed by atoms with E-state index >= 15 is 0 Å². The van der Waals surface area contributed by atoms with Crippen LogP contribution in [0.4, 0.5) is 5.82 Å². The van der Waals surface area contributed by atoms with Crippen LogP contribution in [0, 0.1) is 0 Å². The number of nitrogens with zero attached hydrogens (tertiary/aromatic N) is 2. The molecule has 1 aliphatic rings. The third-order valence-electron chi connectivity index (χ3n) is 2.34. The third-order valence-corrected chi connectivity index (χ3v) is 2.34. The number of nitrogens with two attached hydrogens (primary N) is 1. The summed E-state index contributed by atoms with van der Waals surface area (Å²) in [4.78, 5) is 6.39. The van der Waals surface area contributed by atoms with Crippen molar-refractivity contribution >= 4 is 5.82 Å². The Balaban J connectivity index is 2.44. The zero-order valence-electron chi connectivity index (χ0n) is 7.21. The molecule has 1 heterocycles. The van der Waals surface area contributed by atoms with Crippen LogP contribution in [-0.4, -0.2) is 17.1 Å². The first kappa shape index (κ1) is 7.46. The van der Waals surface area contributed by atoms with Gasteiger partial charge < -0.3 is 10.6 Å². The van der Waals surface area contributed by atoms with E-state index in [-0.39, 0.29) is 0 Å². The smallest absolute Gasteiger partial charge is 0.166 e. The topological polar surface area (TPSA) is 53.1 Å². The standard InChI is InChI=1S/C8H13N3O/c1-12-11-8(9)6-4-2-3-5-7(6)10-11/h2-5,9H2,1H3. The number of fused-ring (bicyclic) bond motifs is 1. The summed E-state index contributed by atoms with van der Waals surface area (Å²) in [7, 11) is 1.58. The molecular formula is C8H13N3O. The van der Waals surface area contributed by atoms with Gasteiger partial charge >= 0.3 is 0 Å². The molecule has 0 saturated heterocycles. The molecule has 0 aromatic carbocycles. The summed E-state index contributed by atoms with van der Waals surface area (Å²) in [6.45, 7) is 0. The predicted octanol–water partition coefficient (Wildman–Crippen LogP) is 0.402. The number of hydrogen-bond acceptors (Lipinski definition) is 3. The lowest BCUT2D eigenvalue weighted by Gasteiger charge is -2.07. The first-order valence-corrected chi connectivity index (χ1v) is 4.23. The molecule has 0 unspecified atom stereocenters. The molecule has 1 aromatic rings. The minimum Gasteiger partial charge on any atom is -0.398 e. The maximum absolute atomic E-state index is 5.81. The van der Waals surface area contributed by atoms with Crippen molar-refractivity contribution in [3.8, 4) is 0 Å². The Morgan fingerprint density at radius 1 is 1.42 bits per heavy atom. The van der Waals surface area contributed by atoms with Gasteiger partial charge in [-0.15, -0.1) is 5.10 Å². The molecule has 1 aromatic heterocycles. The zero-order chi connectivity index (χ0) is 8.55.